The van der Waals surface area contributed by atoms with E-state index in [0.29, 0.717) is 23.6 Å². The molecule has 1 aromatic heterocycles. The minimum absolute atomic E-state index is 0.143. The summed E-state index contributed by atoms with van der Waals surface area (Å²) < 4.78 is 12.0. The summed E-state index contributed by atoms with van der Waals surface area (Å²) in [5.74, 6) is 0.283. The van der Waals surface area contributed by atoms with Crippen molar-refractivity contribution in [2.75, 3.05) is 20.8 Å². The van der Waals surface area contributed by atoms with Crippen molar-refractivity contribution >= 4 is 11.8 Å². The van der Waals surface area contributed by atoms with Gasteiger partial charge < -0.3 is 20.1 Å². The van der Waals surface area contributed by atoms with Crippen molar-refractivity contribution in [3.8, 4) is 17.2 Å². The van der Waals surface area contributed by atoms with Crippen molar-refractivity contribution < 1.29 is 19.1 Å². The first-order valence-electron chi connectivity index (χ1n) is 8.81. The third kappa shape index (κ3) is 5.10. The van der Waals surface area contributed by atoms with Gasteiger partial charge in [0.25, 0.3) is 5.91 Å². The highest BCUT2D eigenvalue weighted by Crippen LogP contribution is 2.27. The fourth-order valence-corrected chi connectivity index (χ4v) is 2.65. The summed E-state index contributed by atoms with van der Waals surface area (Å²) >= 11 is 0. The van der Waals surface area contributed by atoms with Crippen molar-refractivity contribution in [3.63, 3.8) is 0 Å². The van der Waals surface area contributed by atoms with Gasteiger partial charge in [-0.3, -0.25) is 9.59 Å². The molecule has 2 N–H and O–H groups in total. The highest BCUT2D eigenvalue weighted by molar-refractivity contribution is 5.97. The molecule has 0 unspecified atom stereocenters. The van der Waals surface area contributed by atoms with Gasteiger partial charge in [0.05, 0.1) is 26.5 Å². The first-order valence-corrected chi connectivity index (χ1v) is 8.81. The number of carbonyl (C=O) groups is 2. The number of nitrogens with zero attached hydrogens (tertiary/aromatic N) is 3. The molecule has 0 saturated carbocycles. The lowest BCUT2D eigenvalue weighted by molar-refractivity contribution is -0.120. The number of rotatable bonds is 8. The van der Waals surface area contributed by atoms with E-state index in [1.165, 1.54) is 20.5 Å². The Morgan fingerprint density at radius 1 is 1.03 bits per heavy atom. The Labute approximate surface area is 167 Å². The number of hydrogen-bond acceptors (Lipinski definition) is 6. The normalized spacial score (nSPS) is 10.3. The van der Waals surface area contributed by atoms with Crippen LogP contribution in [0.4, 0.5) is 0 Å². The Kier molecular flexibility index (Phi) is 6.41. The van der Waals surface area contributed by atoms with Crippen LogP contribution in [0, 0.1) is 0 Å². The second-order valence-corrected chi connectivity index (χ2v) is 6.04. The lowest BCUT2D eigenvalue weighted by Crippen LogP contribution is -2.36. The lowest BCUT2D eigenvalue weighted by Gasteiger charge is -2.10. The Hall–Kier alpha value is -3.88. The van der Waals surface area contributed by atoms with Crippen molar-refractivity contribution in [2.45, 2.75) is 6.54 Å². The van der Waals surface area contributed by atoms with E-state index in [1.54, 1.807) is 29.2 Å². The third-order valence-corrected chi connectivity index (χ3v) is 4.14. The molecular formula is C20H21N5O4. The molecule has 2 aromatic carbocycles. The van der Waals surface area contributed by atoms with Crippen LogP contribution in [0.3, 0.4) is 0 Å². The maximum atomic E-state index is 12.3. The van der Waals surface area contributed by atoms with Gasteiger partial charge in [-0.25, -0.2) is 9.67 Å². The van der Waals surface area contributed by atoms with Crippen LogP contribution >= 0.6 is 0 Å². The first kappa shape index (κ1) is 19.9. The molecule has 9 heteroatoms. The fourth-order valence-electron chi connectivity index (χ4n) is 2.65. The fraction of sp³-hybridized carbons (Fsp3) is 0.200. The Morgan fingerprint density at radius 2 is 1.86 bits per heavy atom. The average molecular weight is 395 g/mol. The maximum Gasteiger partial charge on any atom is 0.251 e. The number of amides is 2. The molecule has 0 bridgehead atoms. The molecule has 0 aliphatic rings. The summed E-state index contributed by atoms with van der Waals surface area (Å²) in [7, 11) is 3.01. The van der Waals surface area contributed by atoms with Crippen molar-refractivity contribution in [2.24, 2.45) is 0 Å². The third-order valence-electron chi connectivity index (χ3n) is 4.14. The molecule has 0 aliphatic heterocycles. The van der Waals surface area contributed by atoms with Gasteiger partial charge in [-0.2, -0.15) is 5.10 Å². The van der Waals surface area contributed by atoms with Gasteiger partial charge in [0.2, 0.25) is 5.91 Å². The highest BCUT2D eigenvalue weighted by atomic mass is 16.5. The summed E-state index contributed by atoms with van der Waals surface area (Å²) in [6.45, 7) is 0.184. The van der Waals surface area contributed by atoms with E-state index in [2.05, 4.69) is 20.7 Å². The van der Waals surface area contributed by atoms with Crippen molar-refractivity contribution in [3.05, 3.63) is 66.2 Å². The molecule has 1 heterocycles. The van der Waals surface area contributed by atoms with E-state index in [9.17, 15) is 9.59 Å². The van der Waals surface area contributed by atoms with Gasteiger partial charge in [-0.1, -0.05) is 12.1 Å². The summed E-state index contributed by atoms with van der Waals surface area (Å²) in [4.78, 5) is 28.3. The van der Waals surface area contributed by atoms with E-state index in [1.807, 2.05) is 24.3 Å². The van der Waals surface area contributed by atoms with Crippen LogP contribution in [0.1, 0.15) is 15.9 Å². The monoisotopic (exact) mass is 395 g/mol. The summed E-state index contributed by atoms with van der Waals surface area (Å²) in [5, 5.41) is 9.44. The van der Waals surface area contributed by atoms with Crippen molar-refractivity contribution in [1.82, 2.24) is 25.4 Å². The van der Waals surface area contributed by atoms with E-state index >= 15 is 0 Å². The van der Waals surface area contributed by atoms with Gasteiger partial charge in [0.1, 0.15) is 12.7 Å². The number of aromatic nitrogens is 3. The Bertz CT molecular complexity index is 988. The minimum atomic E-state index is -0.380. The van der Waals surface area contributed by atoms with Crippen LogP contribution < -0.4 is 20.1 Å². The largest absolute Gasteiger partial charge is 0.493 e. The molecule has 0 spiro atoms. The number of ether oxygens (including phenoxy) is 2. The van der Waals surface area contributed by atoms with Crippen LogP contribution in [0.2, 0.25) is 0 Å². The molecule has 0 aliphatic carbocycles. The predicted octanol–water partition coefficient (Wildman–Crippen LogP) is 1.33. The van der Waals surface area contributed by atoms with E-state index < -0.39 is 0 Å². The second kappa shape index (κ2) is 9.36. The number of methoxy groups -OCH3 is 2. The zero-order valence-electron chi connectivity index (χ0n) is 16.1. The number of nitrogens with one attached hydrogen (secondary N) is 2. The molecule has 0 radical (unpaired) electrons. The highest BCUT2D eigenvalue weighted by Gasteiger charge is 2.12. The van der Waals surface area contributed by atoms with Gasteiger partial charge in [0, 0.05) is 12.1 Å². The molecule has 150 valence electrons. The lowest BCUT2D eigenvalue weighted by atomic mass is 10.2. The maximum absolute atomic E-state index is 12.3. The quantitative estimate of drug-likeness (QED) is 0.596. The van der Waals surface area contributed by atoms with E-state index in [4.69, 9.17) is 9.47 Å². The van der Waals surface area contributed by atoms with E-state index in [-0.39, 0.29) is 18.4 Å². The zero-order chi connectivity index (χ0) is 20.6. The second-order valence-electron chi connectivity index (χ2n) is 6.04. The van der Waals surface area contributed by atoms with E-state index in [0.717, 1.165) is 11.3 Å². The smallest absolute Gasteiger partial charge is 0.251 e. The topological polar surface area (TPSA) is 107 Å². The molecule has 0 fully saturated rings. The van der Waals surface area contributed by atoms with Crippen LogP contribution in [-0.2, 0) is 11.3 Å². The Morgan fingerprint density at radius 3 is 2.59 bits per heavy atom. The predicted molar refractivity (Wildman–Crippen MR) is 105 cm³/mol. The summed E-state index contributed by atoms with van der Waals surface area (Å²) in [5.41, 5.74) is 2.12. The van der Waals surface area contributed by atoms with Gasteiger partial charge in [0.15, 0.2) is 11.5 Å². The molecule has 3 rings (SSSR count). The molecular weight excluding hydrogens is 374 g/mol. The number of benzene rings is 2. The van der Waals surface area contributed by atoms with Gasteiger partial charge in [-0.05, 0) is 35.9 Å². The molecule has 0 saturated heterocycles. The van der Waals surface area contributed by atoms with Crippen LogP contribution in [0.5, 0.6) is 11.5 Å². The molecule has 3 aromatic rings. The average Bonchev–Trinajstić information content (AvgIpc) is 3.30. The zero-order valence-corrected chi connectivity index (χ0v) is 16.1. The Balaban J connectivity index is 1.51. The summed E-state index contributed by atoms with van der Waals surface area (Å²) in [6.07, 6.45) is 3.05. The molecule has 29 heavy (non-hydrogen) atoms. The SMILES string of the molecule is COc1ccc(C(=O)NCC(=O)NCc2cccc(-n3cncn3)c2)cc1OC. The minimum Gasteiger partial charge on any atom is -0.493 e. The van der Waals surface area contributed by atoms with Crippen LogP contribution in [0.15, 0.2) is 55.1 Å². The van der Waals surface area contributed by atoms with Crippen LogP contribution in [0.25, 0.3) is 5.69 Å². The van der Waals surface area contributed by atoms with Gasteiger partial charge in [-0.15, -0.1) is 0 Å². The van der Waals surface area contributed by atoms with Crippen LogP contribution in [-0.4, -0.2) is 47.3 Å². The van der Waals surface area contributed by atoms with Gasteiger partial charge >= 0.3 is 0 Å². The molecule has 9 nitrogen and oxygen atoms in total. The molecule has 0 atom stereocenters. The first-order chi connectivity index (χ1) is 14.1. The van der Waals surface area contributed by atoms with Crippen molar-refractivity contribution in [1.29, 1.82) is 0 Å². The number of carbonyl (C=O) groups excluding carboxylic acids is 2. The standard InChI is InChI=1S/C20H21N5O4/c1-28-17-7-6-15(9-18(17)29-2)20(27)23-11-19(26)22-10-14-4-3-5-16(8-14)25-13-21-12-24-25/h3-9,12-13H,10-11H2,1-2H3,(H,22,26)(H,23,27). The summed E-state index contributed by atoms with van der Waals surface area (Å²) in [6, 6.07) is 12.3. The molecule has 2 amide bonds. The number of hydrogen-bond donors (Lipinski definition) is 2.